The highest BCUT2D eigenvalue weighted by Crippen LogP contribution is 2.16. The maximum Gasteiger partial charge on any atom is 0.191 e. The van der Waals surface area contributed by atoms with Gasteiger partial charge in [0.15, 0.2) is 11.8 Å². The molecule has 0 radical (unpaired) electrons. The number of hydrogen-bond donors (Lipinski definition) is 3. The highest BCUT2D eigenvalue weighted by molar-refractivity contribution is 14.0. The van der Waals surface area contributed by atoms with Crippen molar-refractivity contribution in [3.8, 4) is 0 Å². The van der Waals surface area contributed by atoms with E-state index in [1.165, 1.54) is 5.56 Å². The number of aryl methyl sites for hydroxylation is 2. The van der Waals surface area contributed by atoms with Gasteiger partial charge in [-0.05, 0) is 32.8 Å². The van der Waals surface area contributed by atoms with Crippen LogP contribution < -0.4 is 16.0 Å². The van der Waals surface area contributed by atoms with E-state index in [-0.39, 0.29) is 35.6 Å². The zero-order valence-corrected chi connectivity index (χ0v) is 21.1. The first kappa shape index (κ1) is 24.6. The summed E-state index contributed by atoms with van der Waals surface area (Å²) in [4.78, 5) is 9.02. The third-order valence-electron chi connectivity index (χ3n) is 5.39. The van der Waals surface area contributed by atoms with Gasteiger partial charge in [0.05, 0.1) is 6.54 Å². The van der Waals surface area contributed by atoms with Gasteiger partial charge in [0.2, 0.25) is 0 Å². The zero-order chi connectivity index (χ0) is 20.9. The number of aliphatic imine (C=N–C) groups is 1. The van der Waals surface area contributed by atoms with Gasteiger partial charge in [-0.15, -0.1) is 24.0 Å². The number of benzene rings is 1. The fourth-order valence-corrected chi connectivity index (χ4v) is 3.78. The van der Waals surface area contributed by atoms with Gasteiger partial charge in [0.1, 0.15) is 5.82 Å². The number of hydrogen-bond acceptors (Lipinski definition) is 4. The topological polar surface area (TPSA) is 79.2 Å². The van der Waals surface area contributed by atoms with Crippen LogP contribution in [0, 0.1) is 0 Å². The Bertz CT molecular complexity index is 816. The number of guanidine groups is 1. The Kier molecular flexibility index (Phi) is 9.09. The molecule has 1 aromatic carbocycles. The van der Waals surface area contributed by atoms with Crippen molar-refractivity contribution in [1.82, 2.24) is 30.7 Å². The molecular weight excluding hydrogens is 489 g/mol. The normalized spacial score (nSPS) is 17.6. The number of rotatable bonds is 7. The minimum atomic E-state index is -0.0887. The Labute approximate surface area is 197 Å². The average molecular weight is 525 g/mol. The molecule has 30 heavy (non-hydrogen) atoms. The molecule has 2 atom stereocenters. The van der Waals surface area contributed by atoms with Crippen molar-refractivity contribution in [3.05, 3.63) is 47.5 Å². The third-order valence-corrected chi connectivity index (χ3v) is 5.39. The lowest BCUT2D eigenvalue weighted by Crippen LogP contribution is -2.54. The van der Waals surface area contributed by atoms with E-state index in [1.807, 2.05) is 11.7 Å². The lowest BCUT2D eigenvalue weighted by Gasteiger charge is -2.32. The molecule has 166 valence electrons. The van der Waals surface area contributed by atoms with E-state index >= 15 is 0 Å². The average Bonchev–Trinajstić information content (AvgIpc) is 3.14. The molecule has 2 heterocycles. The summed E-state index contributed by atoms with van der Waals surface area (Å²) in [5.74, 6) is 2.86. The maximum atomic E-state index is 4.59. The highest BCUT2D eigenvalue weighted by atomic mass is 127. The summed E-state index contributed by atoms with van der Waals surface area (Å²) in [6, 6.07) is 11.1. The molecule has 0 aliphatic carbocycles. The quantitative estimate of drug-likeness (QED) is 0.294. The second-order valence-electron chi connectivity index (χ2n) is 8.45. The van der Waals surface area contributed by atoms with E-state index in [0.717, 1.165) is 50.0 Å². The molecule has 0 spiro atoms. The predicted molar refractivity (Wildman–Crippen MR) is 133 cm³/mol. The molecule has 0 saturated heterocycles. The molecule has 0 saturated carbocycles. The molecule has 0 bridgehead atoms. The highest BCUT2D eigenvalue weighted by Gasteiger charge is 2.24. The Morgan fingerprint density at radius 2 is 2.03 bits per heavy atom. The Hall–Kier alpha value is -1.68. The van der Waals surface area contributed by atoms with Gasteiger partial charge in [0, 0.05) is 44.1 Å². The molecule has 0 fully saturated rings. The van der Waals surface area contributed by atoms with Crippen LogP contribution in [-0.4, -0.2) is 45.9 Å². The van der Waals surface area contributed by atoms with Crippen LogP contribution in [0.2, 0.25) is 0 Å². The zero-order valence-electron chi connectivity index (χ0n) is 18.8. The maximum absolute atomic E-state index is 4.59. The first-order chi connectivity index (χ1) is 13.9. The van der Waals surface area contributed by atoms with Crippen LogP contribution in [-0.2, 0) is 19.4 Å². The van der Waals surface area contributed by atoms with Crippen LogP contribution in [0.25, 0.3) is 0 Å². The van der Waals surface area contributed by atoms with Crippen molar-refractivity contribution >= 4 is 29.9 Å². The lowest BCUT2D eigenvalue weighted by atomic mass is 10.0. The van der Waals surface area contributed by atoms with Gasteiger partial charge in [-0.2, -0.15) is 5.10 Å². The number of aromatic nitrogens is 3. The number of fused-ring (bicyclic) bond motifs is 1. The van der Waals surface area contributed by atoms with Crippen molar-refractivity contribution in [3.63, 3.8) is 0 Å². The monoisotopic (exact) mass is 525 g/mol. The second kappa shape index (κ2) is 11.1. The molecule has 3 rings (SSSR count). The van der Waals surface area contributed by atoms with Gasteiger partial charge in [-0.3, -0.25) is 4.99 Å². The third kappa shape index (κ3) is 6.66. The molecule has 1 aromatic heterocycles. The molecular formula is C22H36IN7. The molecule has 2 aromatic rings. The summed E-state index contributed by atoms with van der Waals surface area (Å²) in [5.41, 5.74) is 1.20. The minimum absolute atomic E-state index is 0. The Morgan fingerprint density at radius 1 is 1.30 bits per heavy atom. The largest absolute Gasteiger partial charge is 0.355 e. The van der Waals surface area contributed by atoms with Crippen molar-refractivity contribution in [2.24, 2.45) is 4.99 Å². The van der Waals surface area contributed by atoms with E-state index in [4.69, 9.17) is 0 Å². The first-order valence-corrected chi connectivity index (χ1v) is 10.6. The number of nitrogens with one attached hydrogen (secondary N) is 3. The standard InChI is InChI=1S/C22H35N7.HI/c1-6-19-26-20-13-12-18(14-29(20)28-19)25-21(23-5)24-15-22(3,4)27-16(2)17-10-8-7-9-11-17;/h7-11,16,18,27H,6,12-15H2,1-5H3,(H2,23,24,25);1H. The fourth-order valence-electron chi connectivity index (χ4n) is 3.78. The molecule has 3 N–H and O–H groups in total. The Balaban J connectivity index is 0.00000320. The molecule has 1 aliphatic rings. The summed E-state index contributed by atoms with van der Waals surface area (Å²) in [5, 5.41) is 15.3. The fraction of sp³-hybridized carbons (Fsp3) is 0.591. The van der Waals surface area contributed by atoms with E-state index in [2.05, 4.69) is 89.1 Å². The number of halogens is 1. The SMILES string of the molecule is CCc1nc2n(n1)CC(NC(=NC)NCC(C)(C)NC(C)c1ccccc1)CC2.I. The lowest BCUT2D eigenvalue weighted by molar-refractivity contribution is 0.341. The molecule has 0 amide bonds. The van der Waals surface area contributed by atoms with Crippen molar-refractivity contribution < 1.29 is 0 Å². The molecule has 7 nitrogen and oxygen atoms in total. The van der Waals surface area contributed by atoms with E-state index in [9.17, 15) is 0 Å². The summed E-state index contributed by atoms with van der Waals surface area (Å²) < 4.78 is 2.04. The summed E-state index contributed by atoms with van der Waals surface area (Å²) >= 11 is 0. The van der Waals surface area contributed by atoms with E-state index < -0.39 is 0 Å². The summed E-state index contributed by atoms with van der Waals surface area (Å²) in [6.07, 6.45) is 2.86. The van der Waals surface area contributed by atoms with Gasteiger partial charge >= 0.3 is 0 Å². The van der Waals surface area contributed by atoms with Gasteiger partial charge in [-0.25, -0.2) is 9.67 Å². The first-order valence-electron chi connectivity index (χ1n) is 10.6. The smallest absolute Gasteiger partial charge is 0.191 e. The van der Waals surface area contributed by atoms with Gasteiger partial charge in [0.25, 0.3) is 0 Å². The van der Waals surface area contributed by atoms with Crippen LogP contribution in [0.3, 0.4) is 0 Å². The van der Waals surface area contributed by atoms with Crippen LogP contribution in [0.1, 0.15) is 57.4 Å². The minimum Gasteiger partial charge on any atom is -0.355 e. The van der Waals surface area contributed by atoms with E-state index in [0.29, 0.717) is 6.04 Å². The predicted octanol–water partition coefficient (Wildman–Crippen LogP) is 3.07. The van der Waals surface area contributed by atoms with Crippen molar-refractivity contribution in [1.29, 1.82) is 0 Å². The van der Waals surface area contributed by atoms with E-state index in [1.54, 1.807) is 0 Å². The summed E-state index contributed by atoms with van der Waals surface area (Å²) in [7, 11) is 1.82. The summed E-state index contributed by atoms with van der Waals surface area (Å²) in [6.45, 7) is 10.3. The van der Waals surface area contributed by atoms with Crippen LogP contribution in [0.5, 0.6) is 0 Å². The van der Waals surface area contributed by atoms with Gasteiger partial charge in [-0.1, -0.05) is 37.3 Å². The van der Waals surface area contributed by atoms with Crippen LogP contribution >= 0.6 is 24.0 Å². The van der Waals surface area contributed by atoms with Gasteiger partial charge < -0.3 is 16.0 Å². The van der Waals surface area contributed by atoms with Crippen LogP contribution in [0.4, 0.5) is 0 Å². The molecule has 2 unspecified atom stereocenters. The number of nitrogens with zero attached hydrogens (tertiary/aromatic N) is 4. The van der Waals surface area contributed by atoms with Crippen molar-refractivity contribution in [2.75, 3.05) is 13.6 Å². The van der Waals surface area contributed by atoms with Crippen molar-refractivity contribution in [2.45, 2.75) is 71.1 Å². The van der Waals surface area contributed by atoms with Crippen LogP contribution in [0.15, 0.2) is 35.3 Å². The second-order valence-corrected chi connectivity index (χ2v) is 8.45. The molecule has 1 aliphatic heterocycles. The Morgan fingerprint density at radius 3 is 2.70 bits per heavy atom. The molecule has 8 heteroatoms.